The van der Waals surface area contributed by atoms with Crippen LogP contribution in [0.2, 0.25) is 0 Å². The second-order valence-corrected chi connectivity index (χ2v) is 6.39. The van der Waals surface area contributed by atoms with Crippen molar-refractivity contribution in [3.8, 4) is 0 Å². The van der Waals surface area contributed by atoms with E-state index in [4.69, 9.17) is 0 Å². The van der Waals surface area contributed by atoms with Gasteiger partial charge in [-0.3, -0.25) is 4.79 Å². The number of rotatable bonds is 5. The molecule has 1 aromatic carbocycles. The van der Waals surface area contributed by atoms with Crippen LogP contribution in [-0.2, 0) is 11.2 Å². The lowest BCUT2D eigenvalue weighted by Crippen LogP contribution is -2.41. The molecule has 0 aromatic heterocycles. The number of nitrogens with zero attached hydrogens (tertiary/aromatic N) is 1. The van der Waals surface area contributed by atoms with Crippen molar-refractivity contribution < 1.29 is 13.6 Å². The first-order valence-electron chi connectivity index (χ1n) is 7.31. The molecule has 2 nitrogen and oxygen atoms in total. The van der Waals surface area contributed by atoms with Crippen LogP contribution >= 0.6 is 11.8 Å². The predicted molar refractivity (Wildman–Crippen MR) is 82.4 cm³/mol. The lowest BCUT2D eigenvalue weighted by molar-refractivity contribution is -0.130. The van der Waals surface area contributed by atoms with Crippen LogP contribution in [0.5, 0.6) is 0 Å². The molecule has 1 saturated heterocycles. The van der Waals surface area contributed by atoms with E-state index in [-0.39, 0.29) is 11.5 Å². The summed E-state index contributed by atoms with van der Waals surface area (Å²) in [6.07, 6.45) is 5.04. The number of piperidine rings is 1. The van der Waals surface area contributed by atoms with E-state index < -0.39 is 11.6 Å². The van der Waals surface area contributed by atoms with E-state index in [1.807, 2.05) is 11.2 Å². The van der Waals surface area contributed by atoms with E-state index in [9.17, 15) is 13.6 Å². The maximum atomic E-state index is 13.6. The van der Waals surface area contributed by atoms with Gasteiger partial charge in [0.15, 0.2) is 0 Å². The fraction of sp³-hybridized carbons (Fsp3) is 0.562. The second kappa shape index (κ2) is 7.78. The number of hydrogen-bond donors (Lipinski definition) is 0. The van der Waals surface area contributed by atoms with Crippen molar-refractivity contribution in [3.05, 3.63) is 35.4 Å². The molecule has 0 bridgehead atoms. The average Bonchev–Trinajstić information content (AvgIpc) is 2.47. The maximum absolute atomic E-state index is 13.6. The van der Waals surface area contributed by atoms with Gasteiger partial charge >= 0.3 is 0 Å². The molecule has 0 spiro atoms. The minimum atomic E-state index is -0.471. The van der Waals surface area contributed by atoms with Crippen molar-refractivity contribution in [1.29, 1.82) is 0 Å². The van der Waals surface area contributed by atoms with Gasteiger partial charge in [-0.2, -0.15) is 11.8 Å². The molecule has 116 valence electrons. The molecule has 5 heteroatoms. The van der Waals surface area contributed by atoms with Gasteiger partial charge in [0.05, 0.1) is 5.75 Å². The van der Waals surface area contributed by atoms with Crippen molar-refractivity contribution in [2.45, 2.75) is 25.7 Å². The first-order valence-corrected chi connectivity index (χ1v) is 8.70. The third-order valence-electron chi connectivity index (χ3n) is 4.00. The average molecular weight is 313 g/mol. The Morgan fingerprint density at radius 3 is 2.76 bits per heavy atom. The van der Waals surface area contributed by atoms with Gasteiger partial charge in [-0.15, -0.1) is 0 Å². The molecule has 0 aliphatic carbocycles. The highest BCUT2D eigenvalue weighted by atomic mass is 32.2. The Bertz CT molecular complexity index is 475. The van der Waals surface area contributed by atoms with E-state index in [2.05, 4.69) is 0 Å². The van der Waals surface area contributed by atoms with Crippen molar-refractivity contribution in [2.75, 3.05) is 25.1 Å². The van der Waals surface area contributed by atoms with Crippen molar-refractivity contribution in [2.24, 2.45) is 5.92 Å². The minimum absolute atomic E-state index is 0.171. The minimum Gasteiger partial charge on any atom is -0.342 e. The Morgan fingerprint density at radius 1 is 1.38 bits per heavy atom. The highest BCUT2D eigenvalue weighted by Crippen LogP contribution is 2.23. The van der Waals surface area contributed by atoms with Crippen LogP contribution in [0, 0.1) is 17.6 Å². The monoisotopic (exact) mass is 313 g/mol. The number of halogens is 2. The molecule has 1 aromatic rings. The highest BCUT2D eigenvalue weighted by Gasteiger charge is 2.23. The Balaban J connectivity index is 1.90. The summed E-state index contributed by atoms with van der Waals surface area (Å²) in [5.41, 5.74) is 0.171. The normalized spacial score (nSPS) is 18.8. The highest BCUT2D eigenvalue weighted by molar-refractivity contribution is 7.99. The Labute approximate surface area is 128 Å². The summed E-state index contributed by atoms with van der Waals surface area (Å²) in [7, 11) is 0. The summed E-state index contributed by atoms with van der Waals surface area (Å²) in [6.45, 7) is 1.53. The van der Waals surface area contributed by atoms with Crippen LogP contribution in [-0.4, -0.2) is 35.9 Å². The van der Waals surface area contributed by atoms with Crippen LogP contribution < -0.4 is 0 Å². The topological polar surface area (TPSA) is 20.3 Å². The fourth-order valence-corrected chi connectivity index (χ4v) is 3.29. The van der Waals surface area contributed by atoms with E-state index in [0.717, 1.165) is 32.4 Å². The molecule has 1 fully saturated rings. The van der Waals surface area contributed by atoms with Gasteiger partial charge in [0.1, 0.15) is 11.6 Å². The standard InChI is InChI=1S/C16H21F2NOS/c1-21-11-16(20)19-9-3-4-12(10-19)7-8-13-14(17)5-2-6-15(13)18/h2,5-6,12H,3-4,7-11H2,1H3/t12-/m1/s1. The largest absolute Gasteiger partial charge is 0.342 e. The van der Waals surface area contributed by atoms with Gasteiger partial charge in [-0.25, -0.2) is 8.78 Å². The zero-order valence-corrected chi connectivity index (χ0v) is 13.1. The quantitative estimate of drug-likeness (QED) is 0.829. The van der Waals surface area contributed by atoms with Crippen molar-refractivity contribution in [3.63, 3.8) is 0 Å². The van der Waals surface area contributed by atoms with Crippen LogP contribution in [0.15, 0.2) is 18.2 Å². The van der Waals surface area contributed by atoms with Gasteiger partial charge in [0, 0.05) is 18.7 Å². The van der Waals surface area contributed by atoms with Crippen molar-refractivity contribution >= 4 is 17.7 Å². The number of carbonyl (C=O) groups is 1. The van der Waals surface area contributed by atoms with Crippen LogP contribution in [0.1, 0.15) is 24.8 Å². The van der Waals surface area contributed by atoms with E-state index in [1.54, 1.807) is 0 Å². The summed E-state index contributed by atoms with van der Waals surface area (Å²) >= 11 is 1.53. The molecule has 0 saturated carbocycles. The summed E-state index contributed by atoms with van der Waals surface area (Å²) in [6, 6.07) is 3.98. The van der Waals surface area contributed by atoms with Crippen molar-refractivity contribution in [1.82, 2.24) is 4.90 Å². The Hall–Kier alpha value is -1.10. The summed E-state index contributed by atoms with van der Waals surface area (Å²) in [4.78, 5) is 13.8. The smallest absolute Gasteiger partial charge is 0.232 e. The van der Waals surface area contributed by atoms with E-state index in [0.29, 0.717) is 18.1 Å². The number of likely N-dealkylation sites (tertiary alicyclic amines) is 1. The zero-order chi connectivity index (χ0) is 15.2. The predicted octanol–water partition coefficient (Wildman–Crippen LogP) is 3.50. The molecular weight excluding hydrogens is 292 g/mol. The Morgan fingerprint density at radius 2 is 2.10 bits per heavy atom. The fourth-order valence-electron chi connectivity index (χ4n) is 2.86. The summed E-state index contributed by atoms with van der Waals surface area (Å²) in [5.74, 6) is 0.0735. The summed E-state index contributed by atoms with van der Waals surface area (Å²) in [5, 5.41) is 0. The van der Waals surface area contributed by atoms with Crippen LogP contribution in [0.25, 0.3) is 0 Å². The number of benzene rings is 1. The molecule has 1 amide bonds. The molecule has 0 radical (unpaired) electrons. The number of carbonyl (C=O) groups excluding carboxylic acids is 1. The lowest BCUT2D eigenvalue weighted by Gasteiger charge is -2.32. The molecule has 21 heavy (non-hydrogen) atoms. The number of thioether (sulfide) groups is 1. The molecule has 0 unspecified atom stereocenters. The van der Waals surface area contributed by atoms with E-state index >= 15 is 0 Å². The first-order chi connectivity index (χ1) is 10.1. The second-order valence-electron chi connectivity index (χ2n) is 5.52. The zero-order valence-electron chi connectivity index (χ0n) is 12.3. The summed E-state index contributed by atoms with van der Waals surface area (Å²) < 4.78 is 27.2. The van der Waals surface area contributed by atoms with Crippen LogP contribution in [0.4, 0.5) is 8.78 Å². The molecule has 1 aliphatic heterocycles. The van der Waals surface area contributed by atoms with Gasteiger partial charge in [0.25, 0.3) is 0 Å². The molecule has 1 atom stereocenters. The Kier molecular flexibility index (Phi) is 6.03. The number of amides is 1. The lowest BCUT2D eigenvalue weighted by atomic mass is 9.91. The van der Waals surface area contributed by atoms with Crippen LogP contribution in [0.3, 0.4) is 0 Å². The number of hydrogen-bond acceptors (Lipinski definition) is 2. The third-order valence-corrected chi connectivity index (χ3v) is 4.54. The maximum Gasteiger partial charge on any atom is 0.232 e. The SMILES string of the molecule is CSCC(=O)N1CCC[C@H](CCc2c(F)cccc2F)C1. The van der Waals surface area contributed by atoms with Gasteiger partial charge in [0.2, 0.25) is 5.91 Å². The van der Waals surface area contributed by atoms with Gasteiger partial charge in [-0.05, 0) is 50.0 Å². The third kappa shape index (κ3) is 4.43. The van der Waals surface area contributed by atoms with Gasteiger partial charge < -0.3 is 4.90 Å². The molecule has 0 N–H and O–H groups in total. The first kappa shape index (κ1) is 16.3. The molecule has 2 rings (SSSR count). The molecule has 1 heterocycles. The molecular formula is C16H21F2NOS. The van der Waals surface area contributed by atoms with Gasteiger partial charge in [-0.1, -0.05) is 6.07 Å². The molecule has 1 aliphatic rings. The van der Waals surface area contributed by atoms with E-state index in [1.165, 1.54) is 30.0 Å².